The molecule has 0 bridgehead atoms. The minimum absolute atomic E-state index is 0.241. The Bertz CT molecular complexity index is 64.6. The molecule has 0 atom stereocenters. The van der Waals surface area contributed by atoms with Gasteiger partial charge in [0.2, 0.25) is 0 Å². The van der Waals surface area contributed by atoms with Gasteiger partial charge >= 0.3 is 8.69 Å². The van der Waals surface area contributed by atoms with Crippen LogP contribution in [0, 0.1) is 0 Å². The van der Waals surface area contributed by atoms with Crippen LogP contribution in [0.25, 0.3) is 0 Å². The van der Waals surface area contributed by atoms with Crippen molar-refractivity contribution in [1.29, 1.82) is 0 Å². The maximum Gasteiger partial charge on any atom is 0.327 e. The van der Waals surface area contributed by atoms with Crippen molar-refractivity contribution in [2.24, 2.45) is 0 Å². The predicted octanol–water partition coefficient (Wildman–Crippen LogP) is 2.01. The summed E-state index contributed by atoms with van der Waals surface area (Å²) in [6, 6.07) is 0. The molecule has 3 heteroatoms. The molecule has 0 fully saturated rings. The van der Waals surface area contributed by atoms with E-state index >= 15 is 0 Å². The van der Waals surface area contributed by atoms with E-state index in [1.807, 2.05) is 20.8 Å². The molecule has 0 radical (unpaired) electrons. The maximum atomic E-state index is 9.70. The summed E-state index contributed by atoms with van der Waals surface area (Å²) >= 11 is 0. The first kappa shape index (κ1) is 7.06. The molecule has 0 aliphatic rings. The summed E-state index contributed by atoms with van der Waals surface area (Å²) in [5.74, 6) is 0. The second kappa shape index (κ2) is 2.39. The van der Waals surface area contributed by atoms with Crippen molar-refractivity contribution in [3.05, 3.63) is 0 Å². The number of hydrogen-bond acceptors (Lipinski definition) is 2. The zero-order valence-electron chi connectivity index (χ0n) is 4.76. The lowest BCUT2D eigenvalue weighted by molar-refractivity contribution is 0.151. The van der Waals surface area contributed by atoms with E-state index in [4.69, 9.17) is 0 Å². The minimum Gasteiger partial charge on any atom is -0.289 e. The SMILES string of the molecule is CC(C)(C)OP=O. The Morgan fingerprint density at radius 2 is 1.86 bits per heavy atom. The van der Waals surface area contributed by atoms with Gasteiger partial charge in [-0.2, -0.15) is 0 Å². The van der Waals surface area contributed by atoms with Crippen LogP contribution in [-0.2, 0) is 9.09 Å². The first-order valence-corrected chi connectivity index (χ1v) is 2.80. The lowest BCUT2D eigenvalue weighted by Gasteiger charge is -2.11. The van der Waals surface area contributed by atoms with Gasteiger partial charge in [-0.3, -0.25) is 4.52 Å². The second-order valence-electron chi connectivity index (χ2n) is 2.28. The Kier molecular flexibility index (Phi) is 2.41. The molecule has 0 spiro atoms. The van der Waals surface area contributed by atoms with Crippen LogP contribution in [0.4, 0.5) is 0 Å². The van der Waals surface area contributed by atoms with Gasteiger partial charge in [-0.25, -0.2) is 4.57 Å². The molecule has 2 nitrogen and oxygen atoms in total. The molecule has 0 saturated heterocycles. The van der Waals surface area contributed by atoms with Crippen molar-refractivity contribution in [2.45, 2.75) is 26.4 Å². The Balaban J connectivity index is 3.34. The van der Waals surface area contributed by atoms with Crippen molar-refractivity contribution >= 4 is 8.69 Å². The van der Waals surface area contributed by atoms with E-state index in [2.05, 4.69) is 4.52 Å². The van der Waals surface area contributed by atoms with Gasteiger partial charge in [-0.1, -0.05) is 0 Å². The summed E-state index contributed by atoms with van der Waals surface area (Å²) in [6.07, 6.45) is 0. The fourth-order valence-corrected chi connectivity index (χ4v) is 0.335. The van der Waals surface area contributed by atoms with Crippen LogP contribution < -0.4 is 0 Å². The van der Waals surface area contributed by atoms with Gasteiger partial charge in [0.1, 0.15) is 0 Å². The summed E-state index contributed by atoms with van der Waals surface area (Å²) in [7, 11) is -0.241. The molecule has 0 amide bonds. The molecule has 7 heavy (non-hydrogen) atoms. The standard InChI is InChI=1S/C4H9O2P/c1-4(2,3)6-7-5/h1-3H3. The van der Waals surface area contributed by atoms with Crippen LogP contribution in [-0.4, -0.2) is 5.60 Å². The van der Waals surface area contributed by atoms with Crippen LogP contribution in [0.15, 0.2) is 0 Å². The second-order valence-corrected chi connectivity index (χ2v) is 2.61. The van der Waals surface area contributed by atoms with Crippen LogP contribution in [0.5, 0.6) is 0 Å². The molecule has 0 aromatic heterocycles. The fourth-order valence-electron chi connectivity index (χ4n) is 0.112. The first-order chi connectivity index (χ1) is 3.06. The van der Waals surface area contributed by atoms with E-state index in [0.29, 0.717) is 0 Å². The smallest absolute Gasteiger partial charge is 0.289 e. The highest BCUT2D eigenvalue weighted by molar-refractivity contribution is 7.17. The van der Waals surface area contributed by atoms with E-state index in [-0.39, 0.29) is 14.3 Å². The maximum absolute atomic E-state index is 9.70. The zero-order valence-corrected chi connectivity index (χ0v) is 5.66. The van der Waals surface area contributed by atoms with Gasteiger partial charge in [-0.15, -0.1) is 0 Å². The van der Waals surface area contributed by atoms with E-state index in [9.17, 15) is 4.57 Å². The third kappa shape index (κ3) is 6.06. The Labute approximate surface area is 45.2 Å². The normalized spacial score (nSPS) is 12.4. The third-order valence-electron chi connectivity index (χ3n) is 0.311. The highest BCUT2D eigenvalue weighted by Crippen LogP contribution is 2.13. The average molecular weight is 120 g/mol. The molecule has 0 aromatic rings. The first-order valence-electron chi connectivity index (χ1n) is 2.07. The van der Waals surface area contributed by atoms with Crippen molar-refractivity contribution < 1.29 is 9.09 Å². The molecule has 0 aliphatic heterocycles. The van der Waals surface area contributed by atoms with Gasteiger partial charge in [0.25, 0.3) is 0 Å². The minimum atomic E-state index is -0.274. The van der Waals surface area contributed by atoms with E-state index in [0.717, 1.165) is 0 Å². The molecule has 0 aliphatic carbocycles. The summed E-state index contributed by atoms with van der Waals surface area (Å²) in [5.41, 5.74) is -0.274. The monoisotopic (exact) mass is 120 g/mol. The van der Waals surface area contributed by atoms with Crippen molar-refractivity contribution in [3.63, 3.8) is 0 Å². The topological polar surface area (TPSA) is 26.3 Å². The highest BCUT2D eigenvalue weighted by atomic mass is 31.1. The summed E-state index contributed by atoms with van der Waals surface area (Å²) < 4.78 is 14.3. The molecular weight excluding hydrogens is 111 g/mol. The van der Waals surface area contributed by atoms with Crippen molar-refractivity contribution in [1.82, 2.24) is 0 Å². The number of rotatable bonds is 1. The molecule has 0 saturated carbocycles. The Morgan fingerprint density at radius 3 is 1.86 bits per heavy atom. The molecule has 0 aromatic carbocycles. The third-order valence-corrected chi connectivity index (χ3v) is 0.933. The fraction of sp³-hybridized carbons (Fsp3) is 1.00. The van der Waals surface area contributed by atoms with Crippen LogP contribution in [0.3, 0.4) is 0 Å². The Hall–Kier alpha value is 0.0600. The highest BCUT2D eigenvalue weighted by Gasteiger charge is 2.08. The van der Waals surface area contributed by atoms with E-state index in [1.165, 1.54) is 0 Å². The summed E-state index contributed by atoms with van der Waals surface area (Å²) in [5, 5.41) is 0. The quantitative estimate of drug-likeness (QED) is 0.495. The molecule has 0 heterocycles. The molecule has 0 unspecified atom stereocenters. The zero-order chi connectivity index (χ0) is 5.91. The lowest BCUT2D eigenvalue weighted by atomic mass is 10.2. The van der Waals surface area contributed by atoms with E-state index < -0.39 is 0 Å². The predicted molar refractivity (Wildman–Crippen MR) is 28.4 cm³/mol. The molecule has 0 N–H and O–H groups in total. The van der Waals surface area contributed by atoms with Gasteiger partial charge in [0.05, 0.1) is 5.60 Å². The van der Waals surface area contributed by atoms with Gasteiger partial charge in [0.15, 0.2) is 0 Å². The Morgan fingerprint density at radius 1 is 1.43 bits per heavy atom. The van der Waals surface area contributed by atoms with Crippen LogP contribution in [0.1, 0.15) is 20.8 Å². The summed E-state index contributed by atoms with van der Waals surface area (Å²) in [6.45, 7) is 5.54. The lowest BCUT2D eigenvalue weighted by Crippen LogP contribution is -2.12. The van der Waals surface area contributed by atoms with Crippen LogP contribution in [0.2, 0.25) is 0 Å². The van der Waals surface area contributed by atoms with Crippen LogP contribution >= 0.6 is 8.69 Å². The molecule has 0 rings (SSSR count). The molecule has 42 valence electrons. The summed E-state index contributed by atoms with van der Waals surface area (Å²) in [4.78, 5) is 0. The largest absolute Gasteiger partial charge is 0.327 e. The van der Waals surface area contributed by atoms with Gasteiger partial charge < -0.3 is 0 Å². The van der Waals surface area contributed by atoms with E-state index in [1.54, 1.807) is 0 Å². The van der Waals surface area contributed by atoms with Gasteiger partial charge in [0, 0.05) is 0 Å². The number of hydrogen-bond donors (Lipinski definition) is 0. The average Bonchev–Trinajstić information content (AvgIpc) is 1.30. The van der Waals surface area contributed by atoms with Gasteiger partial charge in [-0.05, 0) is 20.8 Å². The molecular formula is C4H9O2P. The van der Waals surface area contributed by atoms with Crippen molar-refractivity contribution in [3.8, 4) is 0 Å². The van der Waals surface area contributed by atoms with Crippen molar-refractivity contribution in [2.75, 3.05) is 0 Å².